The molecule has 0 spiro atoms. The third kappa shape index (κ3) is 15.5. The van der Waals surface area contributed by atoms with Crippen molar-refractivity contribution in [2.24, 2.45) is 0 Å². The van der Waals surface area contributed by atoms with Gasteiger partial charge in [0.2, 0.25) is 0 Å². The Morgan fingerprint density at radius 3 is 1.57 bits per heavy atom. The van der Waals surface area contributed by atoms with E-state index in [1.165, 1.54) is 25.6 Å². The zero-order valence-corrected chi connectivity index (χ0v) is 13.3. The Bertz CT molecular complexity index is 110. The van der Waals surface area contributed by atoms with Crippen molar-refractivity contribution >= 4 is 26.5 Å². The molecule has 14 heavy (non-hydrogen) atoms. The van der Waals surface area contributed by atoms with Crippen LogP contribution in [0.2, 0.25) is 0 Å². The maximum absolute atomic E-state index is 9.85. The third-order valence-corrected chi connectivity index (χ3v) is 5.08. The zero-order chi connectivity index (χ0) is 10.7. The average Bonchev–Trinajstić information content (AvgIpc) is 2.20. The molecule has 0 amide bonds. The van der Waals surface area contributed by atoms with Crippen LogP contribution in [0.5, 0.6) is 0 Å². The normalized spacial score (nSPS) is 8.43. The van der Waals surface area contributed by atoms with Crippen molar-refractivity contribution in [1.29, 1.82) is 0 Å². The number of hydrogen-bond acceptors (Lipinski definition) is 3. The summed E-state index contributed by atoms with van der Waals surface area (Å²) in [5.74, 6) is -0.291. The van der Waals surface area contributed by atoms with Gasteiger partial charge in [-0.05, 0) is 28.7 Å². The molecular formula is C9H21AuO2PS+. The Kier molecular flexibility index (Phi) is 23.9. The van der Waals surface area contributed by atoms with E-state index in [2.05, 4.69) is 38.1 Å². The number of ether oxygens (including phenoxy) is 1. The van der Waals surface area contributed by atoms with Gasteiger partial charge in [-0.1, -0.05) is 5.75 Å². The number of rotatable bonds is 4. The fraction of sp³-hybridized carbons (Fsp3) is 0.889. The van der Waals surface area contributed by atoms with Crippen molar-refractivity contribution < 1.29 is 31.9 Å². The Hall–Kier alpha value is 0.990. The van der Waals surface area contributed by atoms with Crippen molar-refractivity contribution in [2.75, 3.05) is 31.3 Å². The molecule has 0 aromatic rings. The first kappa shape index (κ1) is 20.4. The summed E-state index contributed by atoms with van der Waals surface area (Å²) in [5.41, 5.74) is 0. The van der Waals surface area contributed by atoms with Crippen molar-refractivity contribution in [3.63, 3.8) is 0 Å². The van der Waals surface area contributed by atoms with E-state index in [0.717, 1.165) is 0 Å². The molecule has 0 aliphatic carbocycles. The van der Waals surface area contributed by atoms with Crippen molar-refractivity contribution in [3.8, 4) is 0 Å². The number of carbonyl (C=O) groups is 1. The van der Waals surface area contributed by atoms with Crippen LogP contribution in [0.15, 0.2) is 0 Å². The molecule has 0 bridgehead atoms. The Balaban J connectivity index is -0.000000163. The van der Waals surface area contributed by atoms with Gasteiger partial charge in [0.15, 0.2) is 0 Å². The van der Waals surface area contributed by atoms with Gasteiger partial charge in [-0.25, -0.2) is 0 Å². The predicted octanol–water partition coefficient (Wildman–Crippen LogP) is 1.96. The topological polar surface area (TPSA) is 26.3 Å². The summed E-state index contributed by atoms with van der Waals surface area (Å²) in [4.78, 5) is 9.85. The summed E-state index contributed by atoms with van der Waals surface area (Å²) in [6.45, 7) is 6.92. The molecule has 0 aromatic carbocycles. The molecule has 0 unspecified atom stereocenters. The molecule has 0 saturated heterocycles. The molecular weight excluding hydrogens is 400 g/mol. The maximum Gasteiger partial charge on any atom is 1.00 e. The molecule has 5 heteroatoms. The van der Waals surface area contributed by atoms with Gasteiger partial charge < -0.3 is 17.4 Å². The van der Waals surface area contributed by atoms with E-state index in [0.29, 0.717) is 0 Å². The summed E-state index contributed by atoms with van der Waals surface area (Å²) in [5, 5.41) is 0. The van der Waals surface area contributed by atoms with E-state index in [1.807, 2.05) is 0 Å². The third-order valence-electron chi connectivity index (χ3n) is 1.85. The van der Waals surface area contributed by atoms with Crippen molar-refractivity contribution in [2.45, 2.75) is 20.8 Å². The van der Waals surface area contributed by atoms with Gasteiger partial charge in [0, 0.05) is 0 Å². The maximum atomic E-state index is 9.85. The van der Waals surface area contributed by atoms with Crippen LogP contribution in [0.25, 0.3) is 0 Å². The molecule has 0 fully saturated rings. The van der Waals surface area contributed by atoms with E-state index >= 15 is 0 Å². The van der Waals surface area contributed by atoms with Crippen LogP contribution in [0, 0.1) is 0 Å². The van der Waals surface area contributed by atoms with Gasteiger partial charge in [-0.2, -0.15) is 0 Å². The molecule has 0 aliphatic rings. The smallest absolute Gasteiger partial charge is 0.782 e. The van der Waals surface area contributed by atoms with E-state index in [-0.39, 0.29) is 42.0 Å². The molecule has 0 aromatic heterocycles. The largest absolute Gasteiger partial charge is 1.00 e. The van der Waals surface area contributed by atoms with Gasteiger partial charge in [0.1, 0.15) is 0 Å². The standard InChI is InChI=1S/C6H15P.C3H6O2S.Au/c1-4-7(5-2)6-3;1-5-3(4)2-6;/h4-6H2,1-3H3;6H,2H2,1H3;/q;;+1. The Morgan fingerprint density at radius 2 is 1.57 bits per heavy atom. The van der Waals surface area contributed by atoms with Crippen LogP contribution in [-0.4, -0.2) is 37.3 Å². The van der Waals surface area contributed by atoms with Crippen molar-refractivity contribution in [3.05, 3.63) is 0 Å². The van der Waals surface area contributed by atoms with Gasteiger partial charge >= 0.3 is 22.4 Å². The van der Waals surface area contributed by atoms with E-state index < -0.39 is 0 Å². The second-order valence-corrected chi connectivity index (χ2v) is 6.44. The Labute approximate surface area is 110 Å². The summed E-state index contributed by atoms with van der Waals surface area (Å²) >= 11 is 4.30. The second-order valence-electron chi connectivity index (χ2n) is 2.53. The summed E-state index contributed by atoms with van der Waals surface area (Å²) < 4.78 is 4.16. The number of methoxy groups -OCH3 is 1. The van der Waals surface area contributed by atoms with Crippen LogP contribution in [0.4, 0.5) is 0 Å². The first-order valence-electron chi connectivity index (χ1n) is 4.64. The number of hydrogen-bond donors (Lipinski definition) is 0. The molecule has 0 heterocycles. The van der Waals surface area contributed by atoms with Crippen LogP contribution in [0.3, 0.4) is 0 Å². The minimum Gasteiger partial charge on any atom is -0.782 e. The molecule has 0 aliphatic heterocycles. The van der Waals surface area contributed by atoms with Crippen LogP contribution in [0.1, 0.15) is 20.8 Å². The summed E-state index contributed by atoms with van der Waals surface area (Å²) in [7, 11) is 1.45. The predicted molar refractivity (Wildman–Crippen MR) is 64.2 cm³/mol. The molecule has 0 N–H and O–H groups in total. The van der Waals surface area contributed by atoms with Crippen LogP contribution < -0.4 is 0 Å². The molecule has 0 rings (SSSR count). The molecule has 0 saturated carbocycles. The van der Waals surface area contributed by atoms with Crippen LogP contribution in [-0.2, 0) is 44.5 Å². The van der Waals surface area contributed by atoms with E-state index in [9.17, 15) is 4.79 Å². The van der Waals surface area contributed by atoms with Gasteiger partial charge in [0.05, 0.1) is 25.6 Å². The van der Waals surface area contributed by atoms with E-state index in [4.69, 9.17) is 0 Å². The molecule has 0 atom stereocenters. The monoisotopic (exact) mass is 421 g/mol. The average molecular weight is 421 g/mol. The zero-order valence-electron chi connectivity index (χ0n) is 9.35. The minimum absolute atomic E-state index is 0. The Morgan fingerprint density at radius 1 is 1.21 bits per heavy atom. The minimum atomic E-state index is -0.343. The molecule has 0 radical (unpaired) electrons. The number of carbonyl (C=O) groups excluding carboxylic acids is 1. The fourth-order valence-corrected chi connectivity index (χ4v) is 2.43. The fourth-order valence-electron chi connectivity index (χ4n) is 0.809. The first-order chi connectivity index (χ1) is 6.15. The SMILES string of the molecule is CC[PH+](CC)CC.COC(=O)C[S-].[Au+]. The van der Waals surface area contributed by atoms with Gasteiger partial charge in [0.25, 0.3) is 5.97 Å². The van der Waals surface area contributed by atoms with E-state index in [1.54, 1.807) is 0 Å². The quantitative estimate of drug-likeness (QED) is 0.301. The summed E-state index contributed by atoms with van der Waals surface area (Å²) in [6, 6.07) is 0. The van der Waals surface area contributed by atoms with Gasteiger partial charge in [-0.15, -0.1) is 0 Å². The summed E-state index contributed by atoms with van der Waals surface area (Å²) in [6.07, 6.45) is 4.37. The van der Waals surface area contributed by atoms with Crippen molar-refractivity contribution in [1.82, 2.24) is 0 Å². The van der Waals surface area contributed by atoms with Gasteiger partial charge in [-0.3, -0.25) is 4.79 Å². The molecule has 2 nitrogen and oxygen atoms in total. The first-order valence-corrected chi connectivity index (χ1v) is 7.34. The number of esters is 1. The van der Waals surface area contributed by atoms with Crippen LogP contribution >= 0.6 is 7.92 Å². The molecule has 90 valence electrons. The second kappa shape index (κ2) is 16.4.